The van der Waals surface area contributed by atoms with Gasteiger partial charge in [0, 0.05) is 12.1 Å². The highest BCUT2D eigenvalue weighted by molar-refractivity contribution is 6.02. The Bertz CT molecular complexity index is 1010. The number of hydrogen-bond donors (Lipinski definition) is 1. The molecule has 0 spiro atoms. The van der Waals surface area contributed by atoms with Gasteiger partial charge in [-0.1, -0.05) is 18.2 Å². The summed E-state index contributed by atoms with van der Waals surface area (Å²) in [5.74, 6) is -1.52. The highest BCUT2D eigenvalue weighted by Crippen LogP contribution is 2.30. The molecular weight excluding hydrogens is 389 g/mol. The Hall–Kier alpha value is -3.54. The number of rotatable bonds is 4. The molecule has 1 unspecified atom stereocenters. The molecule has 1 N–H and O–H groups in total. The van der Waals surface area contributed by atoms with E-state index < -0.39 is 30.3 Å². The van der Waals surface area contributed by atoms with Crippen LogP contribution in [0.15, 0.2) is 42.5 Å². The molecule has 3 rings (SSSR count). The zero-order chi connectivity index (χ0) is 21.2. The Balaban J connectivity index is 1.77. The van der Waals surface area contributed by atoms with E-state index in [2.05, 4.69) is 10.1 Å². The summed E-state index contributed by atoms with van der Waals surface area (Å²) in [5.41, 5.74) is -0.458. The molecule has 0 fully saturated rings. The van der Waals surface area contributed by atoms with Crippen molar-refractivity contribution < 1.29 is 32.2 Å². The highest BCUT2D eigenvalue weighted by atomic mass is 19.4. The maximum atomic E-state index is 12.7. The maximum absolute atomic E-state index is 12.7. The third kappa shape index (κ3) is 4.48. The lowest BCUT2D eigenvalue weighted by Crippen LogP contribution is -2.48. The zero-order valence-electron chi connectivity index (χ0n) is 15.2. The van der Waals surface area contributed by atoms with Crippen molar-refractivity contribution in [2.75, 3.05) is 11.9 Å². The van der Waals surface area contributed by atoms with Crippen molar-refractivity contribution >= 4 is 17.6 Å². The molecule has 2 aromatic rings. The summed E-state index contributed by atoms with van der Waals surface area (Å²) >= 11 is 0. The first-order valence-corrected chi connectivity index (χ1v) is 8.48. The summed E-state index contributed by atoms with van der Waals surface area (Å²) in [4.78, 5) is 24.9. The topological polar surface area (TPSA) is 88.4 Å². The van der Waals surface area contributed by atoms with Crippen molar-refractivity contribution in [1.82, 2.24) is 0 Å². The summed E-state index contributed by atoms with van der Waals surface area (Å²) in [6.07, 6.45) is -4.39. The van der Waals surface area contributed by atoms with E-state index in [1.807, 2.05) is 0 Å². The predicted octanol–water partition coefficient (Wildman–Crippen LogP) is 3.61. The fourth-order valence-corrected chi connectivity index (χ4v) is 2.90. The summed E-state index contributed by atoms with van der Waals surface area (Å²) < 4.78 is 46.9. The number of carbonyl (C=O) groups is 2. The molecule has 0 aliphatic carbocycles. The number of anilines is 1. The fourth-order valence-electron chi connectivity index (χ4n) is 2.90. The molecule has 1 aliphatic heterocycles. The van der Waals surface area contributed by atoms with Gasteiger partial charge in [0.2, 0.25) is 0 Å². The molecular formula is C20H15F3N2O4. The van der Waals surface area contributed by atoms with Crippen molar-refractivity contribution in [3.63, 3.8) is 0 Å². The van der Waals surface area contributed by atoms with Crippen molar-refractivity contribution in [2.45, 2.75) is 25.1 Å². The number of alkyl halides is 3. The molecule has 29 heavy (non-hydrogen) atoms. The Labute approximate surface area is 163 Å². The van der Waals surface area contributed by atoms with E-state index in [0.29, 0.717) is 11.1 Å². The molecule has 9 heteroatoms. The molecule has 2 aromatic carbocycles. The largest absolute Gasteiger partial charge is 0.483 e. The van der Waals surface area contributed by atoms with Crippen LogP contribution in [0.1, 0.15) is 28.4 Å². The van der Waals surface area contributed by atoms with Crippen LogP contribution < -0.4 is 10.1 Å². The minimum absolute atomic E-state index is 0.151. The Morgan fingerprint density at radius 3 is 2.72 bits per heavy atom. The lowest BCUT2D eigenvalue weighted by Gasteiger charge is -2.33. The zero-order valence-corrected chi connectivity index (χ0v) is 15.2. The maximum Gasteiger partial charge on any atom is 0.422 e. The molecule has 0 bridgehead atoms. The van der Waals surface area contributed by atoms with E-state index in [1.165, 1.54) is 19.1 Å². The number of nitriles is 1. The molecule has 1 amide bonds. The van der Waals surface area contributed by atoms with Crippen molar-refractivity contribution in [2.24, 2.45) is 0 Å². The SMILES string of the molecule is CC1(C(=O)Nc2ccc(OCC(F)(F)F)c(C#N)c2)Cc2ccccc2C(=O)O1. The molecule has 1 atom stereocenters. The lowest BCUT2D eigenvalue weighted by atomic mass is 9.89. The van der Waals surface area contributed by atoms with Gasteiger partial charge in [-0.25, -0.2) is 4.79 Å². The highest BCUT2D eigenvalue weighted by Gasteiger charge is 2.42. The Morgan fingerprint density at radius 2 is 2.03 bits per heavy atom. The van der Waals surface area contributed by atoms with Gasteiger partial charge in [-0.05, 0) is 36.8 Å². The lowest BCUT2D eigenvalue weighted by molar-refractivity contribution is -0.153. The molecule has 150 valence electrons. The van der Waals surface area contributed by atoms with Gasteiger partial charge >= 0.3 is 12.1 Å². The third-order valence-corrected chi connectivity index (χ3v) is 4.31. The van der Waals surface area contributed by atoms with Gasteiger partial charge in [0.05, 0.1) is 11.1 Å². The molecule has 6 nitrogen and oxygen atoms in total. The predicted molar refractivity (Wildman–Crippen MR) is 95.3 cm³/mol. The van der Waals surface area contributed by atoms with Gasteiger partial charge in [-0.15, -0.1) is 0 Å². The fraction of sp³-hybridized carbons (Fsp3) is 0.250. The van der Waals surface area contributed by atoms with Gasteiger partial charge in [0.1, 0.15) is 11.8 Å². The van der Waals surface area contributed by atoms with Gasteiger partial charge < -0.3 is 14.8 Å². The number of carbonyl (C=O) groups excluding carboxylic acids is 2. The second-order valence-electron chi connectivity index (χ2n) is 6.64. The van der Waals surface area contributed by atoms with Crippen LogP contribution in [0.5, 0.6) is 5.75 Å². The summed E-state index contributed by atoms with van der Waals surface area (Å²) in [6, 6.07) is 12.1. The standard InChI is InChI=1S/C20H15F3N2O4/c1-19(9-12-4-2-3-5-15(12)17(26)29-19)18(27)25-14-6-7-16(13(8-14)10-24)28-11-20(21,22)23/h2-8H,9,11H2,1H3,(H,25,27). The first-order valence-electron chi connectivity index (χ1n) is 8.48. The first kappa shape index (κ1) is 20.2. The minimum atomic E-state index is -4.55. The first-order chi connectivity index (χ1) is 13.6. The number of fused-ring (bicyclic) bond motifs is 1. The second kappa shape index (κ2) is 7.47. The number of nitrogens with zero attached hydrogens (tertiary/aromatic N) is 1. The van der Waals surface area contributed by atoms with Gasteiger partial charge in [0.25, 0.3) is 5.91 Å². The number of halogens is 3. The van der Waals surface area contributed by atoms with E-state index in [1.54, 1.807) is 30.3 Å². The van der Waals surface area contributed by atoms with Crippen LogP contribution in [0, 0.1) is 11.3 Å². The molecule has 0 saturated heterocycles. The van der Waals surface area contributed by atoms with E-state index >= 15 is 0 Å². The number of cyclic esters (lactones) is 1. The number of nitrogens with one attached hydrogen (secondary N) is 1. The quantitative estimate of drug-likeness (QED) is 0.787. The van der Waals surface area contributed by atoms with Crippen molar-refractivity contribution in [1.29, 1.82) is 5.26 Å². The van der Waals surface area contributed by atoms with Crippen molar-refractivity contribution in [3.8, 4) is 11.8 Å². The number of ether oxygens (including phenoxy) is 2. The smallest absolute Gasteiger partial charge is 0.422 e. The average molecular weight is 404 g/mol. The number of benzene rings is 2. The van der Waals surface area contributed by atoms with E-state index in [0.717, 1.165) is 6.07 Å². The molecule has 0 radical (unpaired) electrons. The van der Waals surface area contributed by atoms with Gasteiger partial charge in [-0.3, -0.25) is 4.79 Å². The molecule has 0 saturated carbocycles. The summed E-state index contributed by atoms with van der Waals surface area (Å²) in [7, 11) is 0. The van der Waals surface area contributed by atoms with Gasteiger partial charge in [0.15, 0.2) is 12.2 Å². The molecule has 1 heterocycles. The van der Waals surface area contributed by atoms with E-state index in [4.69, 9.17) is 10.00 Å². The Morgan fingerprint density at radius 1 is 1.31 bits per heavy atom. The van der Waals surface area contributed by atoms with Crippen LogP contribution in [-0.2, 0) is 16.0 Å². The van der Waals surface area contributed by atoms with Gasteiger partial charge in [-0.2, -0.15) is 18.4 Å². The van der Waals surface area contributed by atoms with E-state index in [-0.39, 0.29) is 23.4 Å². The van der Waals surface area contributed by atoms with Crippen molar-refractivity contribution in [3.05, 3.63) is 59.2 Å². The monoisotopic (exact) mass is 404 g/mol. The Kier molecular flexibility index (Phi) is 5.20. The van der Waals surface area contributed by atoms with Crippen LogP contribution in [0.3, 0.4) is 0 Å². The minimum Gasteiger partial charge on any atom is -0.483 e. The van der Waals surface area contributed by atoms with E-state index in [9.17, 15) is 22.8 Å². The number of esters is 1. The normalized spacial score (nSPS) is 18.2. The van der Waals surface area contributed by atoms with Crippen LogP contribution >= 0.6 is 0 Å². The van der Waals surface area contributed by atoms with Crippen LogP contribution in [0.4, 0.5) is 18.9 Å². The summed E-state index contributed by atoms with van der Waals surface area (Å²) in [6.45, 7) is -0.0804. The average Bonchev–Trinajstić information content (AvgIpc) is 2.66. The summed E-state index contributed by atoms with van der Waals surface area (Å²) in [5, 5.41) is 11.7. The second-order valence-corrected chi connectivity index (χ2v) is 6.64. The van der Waals surface area contributed by atoms with Crippen LogP contribution in [-0.4, -0.2) is 30.3 Å². The van der Waals surface area contributed by atoms with Crippen LogP contribution in [0.25, 0.3) is 0 Å². The molecule has 1 aliphatic rings. The third-order valence-electron chi connectivity index (χ3n) is 4.31. The van der Waals surface area contributed by atoms with Crippen LogP contribution in [0.2, 0.25) is 0 Å². The molecule has 0 aromatic heterocycles. The number of amides is 1. The number of hydrogen-bond acceptors (Lipinski definition) is 5.